The van der Waals surface area contributed by atoms with Crippen molar-refractivity contribution in [1.29, 1.82) is 0 Å². The number of rotatable bonds is 15. The van der Waals surface area contributed by atoms with E-state index >= 15 is 0 Å². The van der Waals surface area contributed by atoms with Crippen LogP contribution < -0.4 is 0 Å². The van der Waals surface area contributed by atoms with Crippen molar-refractivity contribution in [1.82, 2.24) is 4.90 Å². The fourth-order valence-electron chi connectivity index (χ4n) is 2.78. The number of hydrogen-bond acceptors (Lipinski definition) is 1. The predicted molar refractivity (Wildman–Crippen MR) is 93.4 cm³/mol. The molecule has 0 aromatic heterocycles. The summed E-state index contributed by atoms with van der Waals surface area (Å²) in [6.45, 7) is 6.20. The fraction of sp³-hybridized carbons (Fsp3) is 0.895. The summed E-state index contributed by atoms with van der Waals surface area (Å²) in [5.74, 6) is 0. The summed E-state index contributed by atoms with van der Waals surface area (Å²) in [7, 11) is 4.29. The van der Waals surface area contributed by atoms with Gasteiger partial charge in [-0.05, 0) is 20.5 Å². The van der Waals surface area contributed by atoms with Gasteiger partial charge in [-0.15, -0.1) is 6.58 Å². The van der Waals surface area contributed by atoms with Crippen molar-refractivity contribution in [2.24, 2.45) is 0 Å². The molecule has 0 aromatic carbocycles. The van der Waals surface area contributed by atoms with Crippen molar-refractivity contribution in [3.63, 3.8) is 0 Å². The lowest BCUT2D eigenvalue weighted by atomic mass is 10.0. The molecule has 0 aliphatic heterocycles. The van der Waals surface area contributed by atoms with E-state index in [1.807, 2.05) is 0 Å². The van der Waals surface area contributed by atoms with E-state index in [1.54, 1.807) is 0 Å². The lowest BCUT2D eigenvalue weighted by molar-refractivity contribution is 0.319. The average Bonchev–Trinajstić information content (AvgIpc) is 2.43. The quantitative estimate of drug-likeness (QED) is 0.255. The maximum Gasteiger partial charge on any atom is 0.0269 e. The highest BCUT2D eigenvalue weighted by atomic mass is 15.1. The number of likely N-dealkylation sites (N-methyl/N-ethyl adjacent to an activating group) is 1. The van der Waals surface area contributed by atoms with Crippen LogP contribution in [0.5, 0.6) is 0 Å². The minimum absolute atomic E-state index is 0.568. The average molecular weight is 282 g/mol. The van der Waals surface area contributed by atoms with Gasteiger partial charge in [0.25, 0.3) is 0 Å². The second kappa shape index (κ2) is 15.1. The van der Waals surface area contributed by atoms with Crippen LogP contribution in [0.25, 0.3) is 0 Å². The van der Waals surface area contributed by atoms with Gasteiger partial charge in [-0.3, -0.25) is 0 Å². The van der Waals surface area contributed by atoms with Crippen LogP contribution in [0.2, 0.25) is 0 Å². The standard InChI is InChI=1S/C19H39N/c1-5-7-8-9-10-11-12-13-14-15-16-17-18-19(6-2)20(3)4/h6,19H,2,5,7-18H2,1,3-4H3. The van der Waals surface area contributed by atoms with Crippen molar-refractivity contribution in [2.75, 3.05) is 14.1 Å². The summed E-state index contributed by atoms with van der Waals surface area (Å²) in [6, 6.07) is 0.568. The van der Waals surface area contributed by atoms with Gasteiger partial charge in [0.05, 0.1) is 0 Å². The van der Waals surface area contributed by atoms with Gasteiger partial charge in [0, 0.05) is 6.04 Å². The third kappa shape index (κ3) is 12.7. The second-order valence-corrected chi connectivity index (χ2v) is 6.44. The molecule has 0 fully saturated rings. The minimum Gasteiger partial charge on any atom is -0.303 e. The van der Waals surface area contributed by atoms with E-state index in [1.165, 1.54) is 83.5 Å². The Morgan fingerprint density at radius 3 is 1.50 bits per heavy atom. The first-order chi connectivity index (χ1) is 9.72. The molecule has 0 bridgehead atoms. The zero-order valence-electron chi connectivity index (χ0n) is 14.5. The lowest BCUT2D eigenvalue weighted by Crippen LogP contribution is -2.25. The summed E-state index contributed by atoms with van der Waals surface area (Å²) in [5, 5.41) is 0. The van der Waals surface area contributed by atoms with Crippen molar-refractivity contribution >= 4 is 0 Å². The van der Waals surface area contributed by atoms with Gasteiger partial charge in [-0.2, -0.15) is 0 Å². The van der Waals surface area contributed by atoms with Gasteiger partial charge >= 0.3 is 0 Å². The smallest absolute Gasteiger partial charge is 0.0269 e. The molecule has 1 atom stereocenters. The van der Waals surface area contributed by atoms with E-state index in [0.29, 0.717) is 6.04 Å². The Labute approximate surface area is 128 Å². The monoisotopic (exact) mass is 281 g/mol. The molecular formula is C19H39N. The number of hydrogen-bond donors (Lipinski definition) is 0. The van der Waals surface area contributed by atoms with E-state index in [-0.39, 0.29) is 0 Å². The summed E-state index contributed by atoms with van der Waals surface area (Å²) < 4.78 is 0. The molecule has 0 heterocycles. The molecule has 120 valence electrons. The Kier molecular flexibility index (Phi) is 14.9. The van der Waals surface area contributed by atoms with E-state index in [0.717, 1.165) is 0 Å². The molecule has 0 saturated heterocycles. The van der Waals surface area contributed by atoms with Crippen LogP contribution in [0.1, 0.15) is 90.4 Å². The Morgan fingerprint density at radius 2 is 1.15 bits per heavy atom. The van der Waals surface area contributed by atoms with Crippen molar-refractivity contribution in [2.45, 2.75) is 96.4 Å². The molecule has 0 aromatic rings. The molecule has 0 aliphatic rings. The zero-order chi connectivity index (χ0) is 15.1. The van der Waals surface area contributed by atoms with E-state index < -0.39 is 0 Å². The van der Waals surface area contributed by atoms with Gasteiger partial charge in [0.2, 0.25) is 0 Å². The summed E-state index contributed by atoms with van der Waals surface area (Å²) in [5.41, 5.74) is 0. The molecule has 20 heavy (non-hydrogen) atoms. The first-order valence-electron chi connectivity index (χ1n) is 9.01. The molecular weight excluding hydrogens is 242 g/mol. The molecule has 0 spiro atoms. The molecule has 0 saturated carbocycles. The van der Waals surface area contributed by atoms with Crippen molar-refractivity contribution in [3.05, 3.63) is 12.7 Å². The van der Waals surface area contributed by atoms with Crippen LogP contribution in [-0.4, -0.2) is 25.0 Å². The van der Waals surface area contributed by atoms with Gasteiger partial charge < -0.3 is 4.90 Å². The third-order valence-electron chi connectivity index (χ3n) is 4.29. The zero-order valence-corrected chi connectivity index (χ0v) is 14.5. The molecule has 0 N–H and O–H groups in total. The third-order valence-corrected chi connectivity index (χ3v) is 4.29. The molecule has 1 nitrogen and oxygen atoms in total. The summed E-state index contributed by atoms with van der Waals surface area (Å²) >= 11 is 0. The highest BCUT2D eigenvalue weighted by molar-refractivity contribution is 4.84. The van der Waals surface area contributed by atoms with Crippen LogP contribution in [0.4, 0.5) is 0 Å². The van der Waals surface area contributed by atoms with Crippen molar-refractivity contribution in [3.8, 4) is 0 Å². The van der Waals surface area contributed by atoms with Crippen molar-refractivity contribution < 1.29 is 0 Å². The Morgan fingerprint density at radius 1 is 0.750 bits per heavy atom. The second-order valence-electron chi connectivity index (χ2n) is 6.44. The number of nitrogens with zero attached hydrogens (tertiary/aromatic N) is 1. The van der Waals surface area contributed by atoms with E-state index in [9.17, 15) is 0 Å². The molecule has 0 rings (SSSR count). The summed E-state index contributed by atoms with van der Waals surface area (Å²) in [6.07, 6.45) is 20.5. The Balaban J connectivity index is 3.15. The number of unbranched alkanes of at least 4 members (excludes halogenated alkanes) is 11. The van der Waals surface area contributed by atoms with Gasteiger partial charge in [0.15, 0.2) is 0 Å². The van der Waals surface area contributed by atoms with Gasteiger partial charge in [-0.1, -0.05) is 90.0 Å². The fourth-order valence-corrected chi connectivity index (χ4v) is 2.78. The van der Waals surface area contributed by atoms with E-state index in [2.05, 4.69) is 38.6 Å². The van der Waals surface area contributed by atoms with E-state index in [4.69, 9.17) is 0 Å². The van der Waals surface area contributed by atoms with Crippen LogP contribution in [0.15, 0.2) is 12.7 Å². The molecule has 0 amide bonds. The minimum atomic E-state index is 0.568. The maximum atomic E-state index is 3.92. The SMILES string of the molecule is C=CC(CCCCCCCCCCCCCC)N(C)C. The summed E-state index contributed by atoms with van der Waals surface area (Å²) in [4.78, 5) is 2.27. The van der Waals surface area contributed by atoms with Crippen LogP contribution in [0, 0.1) is 0 Å². The Hall–Kier alpha value is -0.300. The van der Waals surface area contributed by atoms with Crippen LogP contribution in [-0.2, 0) is 0 Å². The largest absolute Gasteiger partial charge is 0.303 e. The maximum absolute atomic E-state index is 3.92. The predicted octanol–water partition coefficient (Wildman–Crippen LogP) is 6.19. The van der Waals surface area contributed by atoms with Gasteiger partial charge in [0.1, 0.15) is 0 Å². The molecule has 0 aliphatic carbocycles. The normalized spacial score (nSPS) is 12.8. The van der Waals surface area contributed by atoms with Crippen LogP contribution in [0.3, 0.4) is 0 Å². The molecule has 1 heteroatoms. The first-order valence-corrected chi connectivity index (χ1v) is 9.01. The Bertz CT molecular complexity index is 198. The van der Waals surface area contributed by atoms with Gasteiger partial charge in [-0.25, -0.2) is 0 Å². The lowest BCUT2D eigenvalue weighted by Gasteiger charge is -2.20. The molecule has 1 unspecified atom stereocenters. The van der Waals surface area contributed by atoms with Crippen LogP contribution >= 0.6 is 0 Å². The molecule has 0 radical (unpaired) electrons. The first kappa shape index (κ1) is 19.7. The topological polar surface area (TPSA) is 3.24 Å². The highest BCUT2D eigenvalue weighted by Gasteiger charge is 2.05. The highest BCUT2D eigenvalue weighted by Crippen LogP contribution is 2.14.